The van der Waals surface area contributed by atoms with Gasteiger partial charge in [-0.3, -0.25) is 9.78 Å². The number of rotatable bonds is 5. The molecule has 24 heavy (non-hydrogen) atoms. The van der Waals surface area contributed by atoms with Gasteiger partial charge in [0.2, 0.25) is 14.4 Å². The summed E-state index contributed by atoms with van der Waals surface area (Å²) in [4.78, 5) is 15.7. The summed E-state index contributed by atoms with van der Waals surface area (Å²) in [5, 5.41) is 2.51. The first-order chi connectivity index (χ1) is 11.3. The second kappa shape index (κ2) is 6.33. The van der Waals surface area contributed by atoms with Gasteiger partial charge in [-0.2, -0.15) is 0 Å². The molecular formula is C15H13Cl2N3O3S. The molecule has 0 saturated heterocycles. The van der Waals surface area contributed by atoms with Crippen molar-refractivity contribution < 1.29 is 13.2 Å². The second-order valence-corrected chi connectivity index (χ2v) is 8.34. The fraction of sp³-hybridized carbons (Fsp3) is 0.200. The third-order valence-corrected chi connectivity index (χ3v) is 5.81. The predicted molar refractivity (Wildman–Crippen MR) is 91.6 cm³/mol. The molecule has 2 heterocycles. The lowest BCUT2D eigenvalue weighted by Crippen LogP contribution is -2.26. The zero-order valence-electron chi connectivity index (χ0n) is 12.3. The maximum Gasteiger partial charge on any atom is 0.265 e. The highest BCUT2D eigenvalue weighted by atomic mass is 35.5. The average molecular weight is 386 g/mol. The number of nitrogens with zero attached hydrogens (tertiary/aromatic N) is 1. The molecule has 3 rings (SSSR count). The van der Waals surface area contributed by atoms with Gasteiger partial charge in [-0.1, -0.05) is 29.3 Å². The van der Waals surface area contributed by atoms with Crippen LogP contribution in [0.25, 0.3) is 0 Å². The normalized spacial score (nSPS) is 15.8. The van der Waals surface area contributed by atoms with Crippen molar-refractivity contribution in [1.82, 2.24) is 9.71 Å². The number of halogens is 2. The van der Waals surface area contributed by atoms with Crippen molar-refractivity contribution in [1.29, 1.82) is 0 Å². The molecule has 0 unspecified atom stereocenters. The predicted octanol–water partition coefficient (Wildman–Crippen LogP) is 2.19. The van der Waals surface area contributed by atoms with E-state index in [4.69, 9.17) is 23.2 Å². The fourth-order valence-corrected chi connectivity index (χ4v) is 3.81. The van der Waals surface area contributed by atoms with Gasteiger partial charge < -0.3 is 5.32 Å². The van der Waals surface area contributed by atoms with Crippen LogP contribution >= 0.6 is 23.2 Å². The minimum absolute atomic E-state index is 0.00499. The molecule has 9 heteroatoms. The summed E-state index contributed by atoms with van der Waals surface area (Å²) in [5.41, 5.74) is 1.55. The Bertz CT molecular complexity index is 886. The average Bonchev–Trinajstić information content (AvgIpc) is 2.77. The number of fused-ring (bicyclic) bond motifs is 1. The number of aromatic nitrogens is 1. The van der Waals surface area contributed by atoms with E-state index in [0.717, 1.165) is 5.56 Å². The molecule has 126 valence electrons. The lowest BCUT2D eigenvalue weighted by Gasteiger charge is -2.12. The highest BCUT2D eigenvalue weighted by Gasteiger charge is 2.44. The molecule has 0 spiro atoms. The molecule has 2 aromatic rings. The SMILES string of the molecule is O=C1Nc2ccc(S(=O)(=O)NCCc3cccnc3)cc2C1(Cl)Cl. The number of hydrogen-bond acceptors (Lipinski definition) is 4. The van der Waals surface area contributed by atoms with Gasteiger partial charge in [-0.05, 0) is 36.2 Å². The Balaban J connectivity index is 1.76. The number of anilines is 1. The van der Waals surface area contributed by atoms with E-state index in [2.05, 4.69) is 15.0 Å². The second-order valence-electron chi connectivity index (χ2n) is 5.24. The number of nitrogens with one attached hydrogen (secondary N) is 2. The zero-order chi connectivity index (χ0) is 17.4. The summed E-state index contributed by atoms with van der Waals surface area (Å²) in [6.07, 6.45) is 3.83. The van der Waals surface area contributed by atoms with Crippen molar-refractivity contribution >= 4 is 44.8 Å². The first-order valence-electron chi connectivity index (χ1n) is 7.03. The number of hydrogen-bond donors (Lipinski definition) is 2. The number of alkyl halides is 2. The van der Waals surface area contributed by atoms with E-state index in [1.54, 1.807) is 18.5 Å². The molecule has 1 aliphatic rings. The highest BCUT2D eigenvalue weighted by molar-refractivity contribution is 7.89. The van der Waals surface area contributed by atoms with Crippen LogP contribution in [0.5, 0.6) is 0 Å². The van der Waals surface area contributed by atoms with Crippen LogP contribution in [0.4, 0.5) is 5.69 Å². The number of carbonyl (C=O) groups is 1. The molecular weight excluding hydrogens is 373 g/mol. The largest absolute Gasteiger partial charge is 0.323 e. The molecule has 6 nitrogen and oxygen atoms in total. The van der Waals surface area contributed by atoms with Gasteiger partial charge in [0.25, 0.3) is 5.91 Å². The summed E-state index contributed by atoms with van der Waals surface area (Å²) in [6, 6.07) is 7.81. The van der Waals surface area contributed by atoms with Crippen molar-refractivity contribution in [3.8, 4) is 0 Å². The van der Waals surface area contributed by atoms with Gasteiger partial charge in [0.05, 0.1) is 4.90 Å². The van der Waals surface area contributed by atoms with Gasteiger partial charge in [0.15, 0.2) is 0 Å². The number of amides is 1. The topological polar surface area (TPSA) is 88.2 Å². The van der Waals surface area contributed by atoms with E-state index in [-0.39, 0.29) is 17.0 Å². The molecule has 1 aliphatic heterocycles. The van der Waals surface area contributed by atoms with E-state index in [1.165, 1.54) is 18.2 Å². The summed E-state index contributed by atoms with van der Waals surface area (Å²) in [5.74, 6) is -0.597. The molecule has 1 aromatic heterocycles. The van der Waals surface area contributed by atoms with E-state index in [0.29, 0.717) is 12.1 Å². The van der Waals surface area contributed by atoms with Crippen LogP contribution in [0.3, 0.4) is 0 Å². The lowest BCUT2D eigenvalue weighted by atomic mass is 10.1. The van der Waals surface area contributed by atoms with Crippen molar-refractivity contribution in [2.24, 2.45) is 0 Å². The lowest BCUT2D eigenvalue weighted by molar-refractivity contribution is -0.116. The third-order valence-electron chi connectivity index (χ3n) is 3.60. The number of sulfonamides is 1. The van der Waals surface area contributed by atoms with Crippen LogP contribution in [0.2, 0.25) is 0 Å². The summed E-state index contributed by atoms with van der Waals surface area (Å²) < 4.78 is 25.5. The van der Waals surface area contributed by atoms with Gasteiger partial charge in [0, 0.05) is 30.2 Å². The Kier molecular flexibility index (Phi) is 4.52. The number of pyridine rings is 1. The third kappa shape index (κ3) is 3.25. The minimum Gasteiger partial charge on any atom is -0.323 e. The quantitative estimate of drug-likeness (QED) is 0.772. The van der Waals surface area contributed by atoms with E-state index >= 15 is 0 Å². The molecule has 2 N–H and O–H groups in total. The zero-order valence-corrected chi connectivity index (χ0v) is 14.6. The Morgan fingerprint density at radius 1 is 1.25 bits per heavy atom. The molecule has 0 radical (unpaired) electrons. The standard InChI is InChI=1S/C15H13Cl2N3O3S/c16-15(17)12-8-11(3-4-13(12)20-14(15)21)24(22,23)19-7-5-10-2-1-6-18-9-10/h1-4,6,8-9,19H,5,7H2,(H,20,21). The fourth-order valence-electron chi connectivity index (χ4n) is 2.34. The maximum absolute atomic E-state index is 12.4. The molecule has 0 atom stereocenters. The first-order valence-corrected chi connectivity index (χ1v) is 9.27. The Morgan fingerprint density at radius 2 is 2.04 bits per heavy atom. The van der Waals surface area contributed by atoms with Crippen molar-refractivity contribution in [2.45, 2.75) is 15.6 Å². The van der Waals surface area contributed by atoms with Crippen LogP contribution in [0, 0.1) is 0 Å². The van der Waals surface area contributed by atoms with Crippen LogP contribution in [0.15, 0.2) is 47.6 Å². The van der Waals surface area contributed by atoms with Gasteiger partial charge in [-0.15, -0.1) is 0 Å². The number of carbonyl (C=O) groups excluding carboxylic acids is 1. The van der Waals surface area contributed by atoms with Crippen molar-refractivity contribution in [2.75, 3.05) is 11.9 Å². The summed E-state index contributed by atoms with van der Waals surface area (Å²) >= 11 is 12.0. The molecule has 0 bridgehead atoms. The van der Waals surface area contributed by atoms with Crippen molar-refractivity contribution in [3.05, 3.63) is 53.9 Å². The minimum atomic E-state index is -3.75. The Labute approximate surface area is 149 Å². The summed E-state index contributed by atoms with van der Waals surface area (Å²) in [6.45, 7) is 0.217. The first kappa shape index (κ1) is 17.2. The highest BCUT2D eigenvalue weighted by Crippen LogP contribution is 2.45. The van der Waals surface area contributed by atoms with E-state index in [9.17, 15) is 13.2 Å². The molecule has 0 aliphatic carbocycles. The van der Waals surface area contributed by atoms with Crippen LogP contribution < -0.4 is 10.0 Å². The van der Waals surface area contributed by atoms with Crippen molar-refractivity contribution in [3.63, 3.8) is 0 Å². The smallest absolute Gasteiger partial charge is 0.265 e. The molecule has 0 fully saturated rings. The Hall–Kier alpha value is -1.67. The van der Waals surface area contributed by atoms with Crippen LogP contribution in [0.1, 0.15) is 11.1 Å². The van der Waals surface area contributed by atoms with Gasteiger partial charge in [-0.25, -0.2) is 13.1 Å². The molecule has 1 amide bonds. The molecule has 0 saturated carbocycles. The Morgan fingerprint density at radius 3 is 2.75 bits per heavy atom. The van der Waals surface area contributed by atoms with Crippen LogP contribution in [-0.4, -0.2) is 25.9 Å². The van der Waals surface area contributed by atoms with E-state index < -0.39 is 20.3 Å². The monoisotopic (exact) mass is 385 g/mol. The van der Waals surface area contributed by atoms with Crippen LogP contribution in [-0.2, 0) is 25.6 Å². The van der Waals surface area contributed by atoms with Gasteiger partial charge in [0.1, 0.15) is 0 Å². The van der Waals surface area contributed by atoms with E-state index in [1.807, 2.05) is 6.07 Å². The molecule has 1 aromatic carbocycles. The van der Waals surface area contributed by atoms with Gasteiger partial charge >= 0.3 is 0 Å². The maximum atomic E-state index is 12.4. The number of benzene rings is 1. The summed E-state index contributed by atoms with van der Waals surface area (Å²) in [7, 11) is -3.75.